The van der Waals surface area contributed by atoms with Gasteiger partial charge in [-0.1, -0.05) is 30.3 Å². The zero-order chi connectivity index (χ0) is 11.7. The number of pyridine rings is 1. The summed E-state index contributed by atoms with van der Waals surface area (Å²) in [6, 6.07) is 12.6. The Morgan fingerprint density at radius 3 is 2.35 bits per heavy atom. The smallest absolute Gasteiger partial charge is 0.0300 e. The lowest BCUT2D eigenvalue weighted by Gasteiger charge is -2.23. The van der Waals surface area contributed by atoms with Crippen LogP contribution in [0.5, 0.6) is 0 Å². The van der Waals surface area contributed by atoms with Crippen molar-refractivity contribution < 1.29 is 0 Å². The first kappa shape index (κ1) is 10.5. The average Bonchev–Trinajstić information content (AvgIpc) is 2.66. The third kappa shape index (κ3) is 2.08. The molecule has 0 aliphatic heterocycles. The summed E-state index contributed by atoms with van der Waals surface area (Å²) in [5.74, 6) is 0. The lowest BCUT2D eigenvalue weighted by Crippen LogP contribution is -2.43. The quantitative estimate of drug-likeness (QED) is 0.848. The van der Waals surface area contributed by atoms with Crippen molar-refractivity contribution in [1.82, 2.24) is 4.98 Å². The highest BCUT2D eigenvalue weighted by Gasteiger charge is 2.33. The van der Waals surface area contributed by atoms with Crippen LogP contribution in [0.4, 0.5) is 0 Å². The molecular formula is C15H16N2. The second-order valence-electron chi connectivity index (χ2n) is 5.02. The summed E-state index contributed by atoms with van der Waals surface area (Å²) >= 11 is 0. The van der Waals surface area contributed by atoms with Crippen molar-refractivity contribution in [2.45, 2.75) is 24.8 Å². The molecule has 3 rings (SSSR count). The van der Waals surface area contributed by atoms with E-state index < -0.39 is 0 Å². The molecule has 1 aliphatic carbocycles. The molecule has 1 aromatic heterocycles. The summed E-state index contributed by atoms with van der Waals surface area (Å²) in [4.78, 5) is 4.15. The number of rotatable bonds is 2. The van der Waals surface area contributed by atoms with Gasteiger partial charge in [-0.2, -0.15) is 0 Å². The van der Waals surface area contributed by atoms with Gasteiger partial charge in [-0.05, 0) is 42.0 Å². The molecule has 0 radical (unpaired) electrons. The van der Waals surface area contributed by atoms with E-state index in [1.807, 2.05) is 12.3 Å². The molecule has 0 spiro atoms. The highest BCUT2D eigenvalue weighted by atomic mass is 14.8. The van der Waals surface area contributed by atoms with Crippen molar-refractivity contribution in [3.8, 4) is 0 Å². The molecule has 86 valence electrons. The average molecular weight is 224 g/mol. The number of fused-ring (bicyclic) bond motifs is 1. The Kier molecular flexibility index (Phi) is 2.45. The molecule has 0 fully saturated rings. The highest BCUT2D eigenvalue weighted by Crippen LogP contribution is 2.30. The summed E-state index contributed by atoms with van der Waals surface area (Å²) < 4.78 is 0. The Bertz CT molecular complexity index is 494. The molecule has 0 saturated heterocycles. The van der Waals surface area contributed by atoms with Crippen LogP contribution in [0.2, 0.25) is 0 Å². The lowest BCUT2D eigenvalue weighted by atomic mass is 9.89. The molecule has 0 bridgehead atoms. The fourth-order valence-electron chi connectivity index (χ4n) is 2.76. The number of nitrogens with two attached hydrogens (primary N) is 1. The van der Waals surface area contributed by atoms with Gasteiger partial charge in [0, 0.05) is 17.9 Å². The third-order valence-corrected chi connectivity index (χ3v) is 3.48. The van der Waals surface area contributed by atoms with E-state index in [0.717, 1.165) is 19.3 Å². The minimum atomic E-state index is -0.132. The molecule has 0 saturated carbocycles. The third-order valence-electron chi connectivity index (χ3n) is 3.48. The van der Waals surface area contributed by atoms with Crippen molar-refractivity contribution in [2.24, 2.45) is 5.73 Å². The standard InChI is InChI=1S/C15H16N2/c16-15(8-12-4-3-7-17-11-12)9-13-5-1-2-6-14(13)10-15/h1-7,11H,8-10,16H2. The normalized spacial score (nSPS) is 16.8. The number of benzene rings is 1. The Labute approximate surface area is 102 Å². The van der Waals surface area contributed by atoms with Gasteiger partial charge in [0.25, 0.3) is 0 Å². The molecule has 2 nitrogen and oxygen atoms in total. The van der Waals surface area contributed by atoms with E-state index in [1.54, 1.807) is 6.20 Å². The number of nitrogens with zero attached hydrogens (tertiary/aromatic N) is 1. The van der Waals surface area contributed by atoms with Crippen LogP contribution in [0, 0.1) is 0 Å². The topological polar surface area (TPSA) is 38.9 Å². The van der Waals surface area contributed by atoms with E-state index >= 15 is 0 Å². The van der Waals surface area contributed by atoms with Crippen LogP contribution >= 0.6 is 0 Å². The largest absolute Gasteiger partial charge is 0.324 e. The zero-order valence-electron chi connectivity index (χ0n) is 9.76. The maximum atomic E-state index is 6.51. The van der Waals surface area contributed by atoms with Gasteiger partial charge < -0.3 is 5.73 Å². The van der Waals surface area contributed by atoms with Gasteiger partial charge in [0.1, 0.15) is 0 Å². The summed E-state index contributed by atoms with van der Waals surface area (Å²) in [5, 5.41) is 0. The number of hydrogen-bond acceptors (Lipinski definition) is 2. The molecule has 2 aromatic rings. The Balaban J connectivity index is 1.82. The fraction of sp³-hybridized carbons (Fsp3) is 0.267. The van der Waals surface area contributed by atoms with Crippen molar-refractivity contribution >= 4 is 0 Å². The molecule has 0 amide bonds. The zero-order valence-corrected chi connectivity index (χ0v) is 9.76. The van der Waals surface area contributed by atoms with E-state index in [1.165, 1.54) is 16.7 Å². The maximum absolute atomic E-state index is 6.51. The van der Waals surface area contributed by atoms with Crippen LogP contribution in [-0.2, 0) is 19.3 Å². The summed E-state index contributed by atoms with van der Waals surface area (Å²) in [5.41, 5.74) is 10.4. The van der Waals surface area contributed by atoms with E-state index in [2.05, 4.69) is 35.3 Å². The predicted octanol–water partition coefficient (Wildman–Crippen LogP) is 2.12. The predicted molar refractivity (Wildman–Crippen MR) is 68.7 cm³/mol. The van der Waals surface area contributed by atoms with E-state index in [-0.39, 0.29) is 5.54 Å². The van der Waals surface area contributed by atoms with Crippen LogP contribution in [-0.4, -0.2) is 10.5 Å². The van der Waals surface area contributed by atoms with Gasteiger partial charge in [0.15, 0.2) is 0 Å². The van der Waals surface area contributed by atoms with E-state index in [4.69, 9.17) is 5.73 Å². The molecule has 0 atom stereocenters. The summed E-state index contributed by atoms with van der Waals surface area (Å²) in [6.07, 6.45) is 6.55. The Morgan fingerprint density at radius 1 is 1.06 bits per heavy atom. The Hall–Kier alpha value is -1.67. The van der Waals surface area contributed by atoms with Gasteiger partial charge in [-0.3, -0.25) is 4.98 Å². The van der Waals surface area contributed by atoms with Crippen molar-refractivity contribution in [1.29, 1.82) is 0 Å². The van der Waals surface area contributed by atoms with Gasteiger partial charge in [-0.25, -0.2) is 0 Å². The van der Waals surface area contributed by atoms with E-state index in [0.29, 0.717) is 0 Å². The minimum Gasteiger partial charge on any atom is -0.324 e. The van der Waals surface area contributed by atoms with Crippen LogP contribution in [0.15, 0.2) is 48.8 Å². The van der Waals surface area contributed by atoms with Gasteiger partial charge in [-0.15, -0.1) is 0 Å². The molecule has 1 aliphatic rings. The monoisotopic (exact) mass is 224 g/mol. The van der Waals surface area contributed by atoms with Crippen LogP contribution in [0.3, 0.4) is 0 Å². The van der Waals surface area contributed by atoms with E-state index in [9.17, 15) is 0 Å². The fourth-order valence-corrected chi connectivity index (χ4v) is 2.76. The number of hydrogen-bond donors (Lipinski definition) is 1. The second kappa shape index (κ2) is 3.97. The van der Waals surface area contributed by atoms with Crippen molar-refractivity contribution in [3.05, 3.63) is 65.5 Å². The van der Waals surface area contributed by atoms with Crippen LogP contribution in [0.1, 0.15) is 16.7 Å². The first-order valence-corrected chi connectivity index (χ1v) is 6.00. The molecule has 0 unspecified atom stereocenters. The summed E-state index contributed by atoms with van der Waals surface area (Å²) in [6.45, 7) is 0. The first-order chi connectivity index (χ1) is 8.25. The summed E-state index contributed by atoms with van der Waals surface area (Å²) in [7, 11) is 0. The maximum Gasteiger partial charge on any atom is 0.0300 e. The Morgan fingerprint density at radius 2 is 1.76 bits per heavy atom. The molecule has 1 aromatic carbocycles. The molecule has 1 heterocycles. The van der Waals surface area contributed by atoms with Gasteiger partial charge in [0.2, 0.25) is 0 Å². The second-order valence-corrected chi connectivity index (χ2v) is 5.02. The highest BCUT2D eigenvalue weighted by molar-refractivity contribution is 5.37. The first-order valence-electron chi connectivity index (χ1n) is 6.00. The van der Waals surface area contributed by atoms with Crippen LogP contribution in [0.25, 0.3) is 0 Å². The van der Waals surface area contributed by atoms with Gasteiger partial charge >= 0.3 is 0 Å². The van der Waals surface area contributed by atoms with Crippen molar-refractivity contribution in [3.63, 3.8) is 0 Å². The van der Waals surface area contributed by atoms with Gasteiger partial charge in [0.05, 0.1) is 0 Å². The molecule has 2 N–H and O–H groups in total. The van der Waals surface area contributed by atoms with Crippen molar-refractivity contribution in [2.75, 3.05) is 0 Å². The molecular weight excluding hydrogens is 208 g/mol. The SMILES string of the molecule is NC1(Cc2cccnc2)Cc2ccccc2C1. The minimum absolute atomic E-state index is 0.132. The molecule has 17 heavy (non-hydrogen) atoms. The lowest BCUT2D eigenvalue weighted by molar-refractivity contribution is 0.446. The number of aromatic nitrogens is 1. The van der Waals surface area contributed by atoms with Crippen LogP contribution < -0.4 is 5.73 Å². The molecule has 2 heteroatoms.